The molecule has 0 bridgehead atoms. The fourth-order valence-electron chi connectivity index (χ4n) is 5.17. The number of nitrogens with zero attached hydrogens (tertiary/aromatic N) is 2. The van der Waals surface area contributed by atoms with Crippen molar-refractivity contribution in [3.8, 4) is 28.7 Å². The summed E-state index contributed by atoms with van der Waals surface area (Å²) in [6, 6.07) is 24.8. The lowest BCUT2D eigenvalue weighted by molar-refractivity contribution is 0.0546. The Kier molecular flexibility index (Phi) is 10.3. The number of carbonyl (C=O) groups is 1. The van der Waals surface area contributed by atoms with Crippen LogP contribution in [0.5, 0.6) is 5.75 Å². The maximum absolute atomic E-state index is 14.0. The molecule has 1 aliphatic rings. The van der Waals surface area contributed by atoms with Gasteiger partial charge in [0, 0.05) is 42.2 Å². The summed E-state index contributed by atoms with van der Waals surface area (Å²) < 4.78 is 5.30. The maximum Gasteiger partial charge on any atom is 0.254 e. The van der Waals surface area contributed by atoms with E-state index < -0.39 is 0 Å². The summed E-state index contributed by atoms with van der Waals surface area (Å²) in [5, 5.41) is 0. The van der Waals surface area contributed by atoms with Gasteiger partial charge in [-0.2, -0.15) is 0 Å². The monoisotopic (exact) mass is 550 g/mol. The van der Waals surface area contributed by atoms with Gasteiger partial charge in [-0.1, -0.05) is 62.1 Å². The largest absolute Gasteiger partial charge is 0.497 e. The van der Waals surface area contributed by atoms with E-state index in [9.17, 15) is 4.79 Å². The zero-order chi connectivity index (χ0) is 29.4. The van der Waals surface area contributed by atoms with Crippen LogP contribution in [0.4, 0.5) is 0 Å². The van der Waals surface area contributed by atoms with Crippen LogP contribution in [0.25, 0.3) is 11.1 Å². The lowest BCUT2D eigenvalue weighted by Crippen LogP contribution is -2.47. The Morgan fingerprint density at radius 2 is 1.51 bits per heavy atom. The first-order chi connectivity index (χ1) is 19.6. The number of benzene rings is 3. The molecule has 0 N–H and O–H groups in total. The quantitative estimate of drug-likeness (QED) is 0.254. The molecule has 4 heteroatoms. The number of rotatable bonds is 9. The lowest BCUT2D eigenvalue weighted by Gasteiger charge is -2.39. The van der Waals surface area contributed by atoms with Gasteiger partial charge < -0.3 is 14.5 Å². The van der Waals surface area contributed by atoms with Crippen LogP contribution in [0.15, 0.2) is 72.8 Å². The molecule has 0 aromatic heterocycles. The second-order valence-corrected chi connectivity index (χ2v) is 12.7. The fraction of sp³-hybridized carbons (Fsp3) is 0.432. The third-order valence-corrected chi connectivity index (χ3v) is 7.73. The summed E-state index contributed by atoms with van der Waals surface area (Å²) in [6.45, 7) is 14.7. The van der Waals surface area contributed by atoms with Gasteiger partial charge in [0.05, 0.1) is 7.11 Å². The van der Waals surface area contributed by atoms with Crippen molar-refractivity contribution in [1.29, 1.82) is 0 Å². The van der Waals surface area contributed by atoms with Crippen LogP contribution in [-0.2, 0) is 6.54 Å². The van der Waals surface area contributed by atoms with E-state index in [1.807, 2.05) is 36.4 Å². The Morgan fingerprint density at radius 3 is 2.05 bits per heavy atom. The number of hydrogen-bond donors (Lipinski definition) is 0. The standard InChI is InChI=1S/C37H46N2O2/c1-28(2)20-24-38-25-21-34(22-26-38)39(36(40)33-13-7-29(8-14-33)19-23-37(3,4)5)27-30-9-11-31(12-10-30)32-15-17-35(41-6)18-16-32/h7-18,28,34H,20-22,24-27H2,1-6H3. The molecule has 0 spiro atoms. The molecular weight excluding hydrogens is 504 g/mol. The van der Waals surface area contributed by atoms with Crippen LogP contribution in [-0.4, -0.2) is 48.5 Å². The predicted molar refractivity (Wildman–Crippen MR) is 170 cm³/mol. The van der Waals surface area contributed by atoms with Gasteiger partial charge in [0.1, 0.15) is 5.75 Å². The second-order valence-electron chi connectivity index (χ2n) is 12.7. The average Bonchev–Trinajstić information content (AvgIpc) is 2.98. The van der Waals surface area contributed by atoms with Crippen molar-refractivity contribution in [2.24, 2.45) is 11.3 Å². The Morgan fingerprint density at radius 1 is 0.927 bits per heavy atom. The van der Waals surface area contributed by atoms with Crippen molar-refractivity contribution in [3.05, 3.63) is 89.5 Å². The van der Waals surface area contributed by atoms with E-state index in [0.717, 1.165) is 66.0 Å². The van der Waals surface area contributed by atoms with Crippen LogP contribution in [0.1, 0.15) is 75.4 Å². The number of hydrogen-bond acceptors (Lipinski definition) is 3. The van der Waals surface area contributed by atoms with Crippen LogP contribution in [0, 0.1) is 23.2 Å². The fourth-order valence-corrected chi connectivity index (χ4v) is 5.17. The summed E-state index contributed by atoms with van der Waals surface area (Å²) in [5.74, 6) is 8.19. The van der Waals surface area contributed by atoms with Crippen LogP contribution in [0.3, 0.4) is 0 Å². The van der Waals surface area contributed by atoms with E-state index >= 15 is 0 Å². The summed E-state index contributed by atoms with van der Waals surface area (Å²) in [4.78, 5) is 18.7. The maximum atomic E-state index is 14.0. The van der Waals surface area contributed by atoms with Crippen molar-refractivity contribution in [3.63, 3.8) is 0 Å². The topological polar surface area (TPSA) is 32.8 Å². The zero-order valence-corrected chi connectivity index (χ0v) is 25.7. The normalized spacial score (nSPS) is 14.4. The molecule has 0 unspecified atom stereocenters. The number of amides is 1. The first-order valence-corrected chi connectivity index (χ1v) is 15.0. The second kappa shape index (κ2) is 13.9. The molecule has 1 aliphatic heterocycles. The average molecular weight is 551 g/mol. The Hall–Kier alpha value is -3.55. The third-order valence-electron chi connectivity index (χ3n) is 7.73. The van der Waals surface area contributed by atoms with E-state index in [2.05, 4.69) is 92.7 Å². The minimum absolute atomic E-state index is 0.0573. The molecule has 1 fully saturated rings. The minimum atomic E-state index is -0.0573. The van der Waals surface area contributed by atoms with Crippen LogP contribution < -0.4 is 4.74 Å². The van der Waals surface area contributed by atoms with Gasteiger partial charge in [-0.25, -0.2) is 0 Å². The van der Waals surface area contributed by atoms with Gasteiger partial charge in [0.15, 0.2) is 0 Å². The summed E-state index contributed by atoms with van der Waals surface area (Å²) in [6.07, 6.45) is 3.23. The highest BCUT2D eigenvalue weighted by Gasteiger charge is 2.29. The molecule has 0 saturated carbocycles. The Labute approximate surface area is 247 Å². The van der Waals surface area contributed by atoms with Gasteiger partial charge in [0.25, 0.3) is 5.91 Å². The molecule has 3 aromatic rings. The van der Waals surface area contributed by atoms with Gasteiger partial charge in [-0.3, -0.25) is 4.79 Å². The number of piperidine rings is 1. The van der Waals surface area contributed by atoms with Crippen molar-refractivity contribution in [2.45, 2.75) is 66.5 Å². The summed E-state index contributed by atoms with van der Waals surface area (Å²) >= 11 is 0. The number of likely N-dealkylation sites (tertiary alicyclic amines) is 1. The summed E-state index contributed by atoms with van der Waals surface area (Å²) in [7, 11) is 1.68. The third kappa shape index (κ3) is 8.97. The SMILES string of the molecule is COc1ccc(-c2ccc(CN(C(=O)c3ccc(C#CC(C)(C)C)cc3)C3CCN(CCC(C)C)CC3)cc2)cc1. The highest BCUT2D eigenvalue weighted by atomic mass is 16.5. The zero-order valence-electron chi connectivity index (χ0n) is 25.7. The van der Waals surface area contributed by atoms with Crippen LogP contribution in [0.2, 0.25) is 0 Å². The minimum Gasteiger partial charge on any atom is -0.497 e. The molecule has 41 heavy (non-hydrogen) atoms. The first-order valence-electron chi connectivity index (χ1n) is 15.0. The van der Waals surface area contributed by atoms with E-state index in [1.54, 1.807) is 7.11 Å². The van der Waals surface area contributed by atoms with Gasteiger partial charge in [0.2, 0.25) is 0 Å². The molecule has 1 heterocycles. The predicted octanol–water partition coefficient (Wildman–Crippen LogP) is 7.91. The van der Waals surface area contributed by atoms with E-state index in [0.29, 0.717) is 12.5 Å². The van der Waals surface area contributed by atoms with Crippen molar-refractivity contribution >= 4 is 5.91 Å². The van der Waals surface area contributed by atoms with Crippen molar-refractivity contribution < 1.29 is 9.53 Å². The molecule has 0 atom stereocenters. The number of ether oxygens (including phenoxy) is 1. The van der Waals surface area contributed by atoms with Gasteiger partial charge >= 0.3 is 0 Å². The molecule has 0 radical (unpaired) electrons. The molecule has 0 aliphatic carbocycles. The van der Waals surface area contributed by atoms with Crippen LogP contribution >= 0.6 is 0 Å². The molecule has 216 valence electrons. The first kappa shape index (κ1) is 30.4. The number of methoxy groups -OCH3 is 1. The highest BCUT2D eigenvalue weighted by molar-refractivity contribution is 5.94. The van der Waals surface area contributed by atoms with Gasteiger partial charge in [-0.05, 0) is 106 Å². The number of carbonyl (C=O) groups excluding carboxylic acids is 1. The van der Waals surface area contributed by atoms with Crippen molar-refractivity contribution in [1.82, 2.24) is 9.80 Å². The molecule has 4 nitrogen and oxygen atoms in total. The van der Waals surface area contributed by atoms with Gasteiger partial charge in [-0.15, -0.1) is 0 Å². The highest BCUT2D eigenvalue weighted by Crippen LogP contribution is 2.26. The molecule has 4 rings (SSSR count). The molecule has 1 saturated heterocycles. The van der Waals surface area contributed by atoms with E-state index in [-0.39, 0.29) is 17.4 Å². The molecular formula is C37H46N2O2. The van der Waals surface area contributed by atoms with Crippen molar-refractivity contribution in [2.75, 3.05) is 26.7 Å². The lowest BCUT2D eigenvalue weighted by atomic mass is 9.97. The Balaban J connectivity index is 1.52. The summed E-state index contributed by atoms with van der Waals surface area (Å²) in [5.41, 5.74) is 5.05. The molecule has 1 amide bonds. The van der Waals surface area contributed by atoms with E-state index in [4.69, 9.17) is 4.74 Å². The Bertz CT molecular complexity index is 1320. The van der Waals surface area contributed by atoms with E-state index in [1.165, 1.54) is 6.42 Å². The molecule has 3 aromatic carbocycles. The smallest absolute Gasteiger partial charge is 0.254 e.